The zero-order valence-corrected chi connectivity index (χ0v) is 10.4. The van der Waals surface area contributed by atoms with Crippen molar-refractivity contribution in [3.8, 4) is 11.5 Å². The maximum Gasteiger partial charge on any atom is 0.166 e. The van der Waals surface area contributed by atoms with Crippen molar-refractivity contribution in [1.82, 2.24) is 4.65 Å². The molecule has 1 saturated heterocycles. The van der Waals surface area contributed by atoms with Crippen molar-refractivity contribution >= 4 is 5.69 Å². The first-order chi connectivity index (χ1) is 8.19. The molecule has 0 amide bonds. The van der Waals surface area contributed by atoms with Crippen molar-refractivity contribution in [3.63, 3.8) is 0 Å². The summed E-state index contributed by atoms with van der Waals surface area (Å²) in [5, 5.41) is 12.6. The number of hydrogen-bond donors (Lipinski definition) is 0. The van der Waals surface area contributed by atoms with Gasteiger partial charge in [0.1, 0.15) is 5.69 Å². The molecule has 1 fully saturated rings. The molecule has 0 bridgehead atoms. The van der Waals surface area contributed by atoms with E-state index in [1.807, 2.05) is 6.07 Å². The summed E-state index contributed by atoms with van der Waals surface area (Å²) in [6, 6.07) is 5.46. The predicted octanol–water partition coefficient (Wildman–Crippen LogP) is 2.69. The number of hydrogen-bond acceptors (Lipinski definition) is 3. The van der Waals surface area contributed by atoms with Crippen molar-refractivity contribution in [2.75, 3.05) is 27.3 Å². The summed E-state index contributed by atoms with van der Waals surface area (Å²) in [6.07, 6.45) is 3.16. The molecule has 0 aromatic heterocycles. The van der Waals surface area contributed by atoms with Gasteiger partial charge in [-0.25, -0.2) is 0 Å². The van der Waals surface area contributed by atoms with E-state index >= 15 is 0 Å². The van der Waals surface area contributed by atoms with Crippen LogP contribution in [-0.2, 0) is 0 Å². The Hall–Kier alpha value is -1.26. The van der Waals surface area contributed by atoms with Crippen LogP contribution in [0.2, 0.25) is 0 Å². The van der Waals surface area contributed by atoms with Crippen LogP contribution in [0.4, 0.5) is 5.69 Å². The van der Waals surface area contributed by atoms with Crippen LogP contribution in [0.3, 0.4) is 0 Å². The van der Waals surface area contributed by atoms with E-state index in [1.165, 1.54) is 0 Å². The van der Waals surface area contributed by atoms with Crippen molar-refractivity contribution < 1.29 is 9.47 Å². The second kappa shape index (κ2) is 4.94. The van der Waals surface area contributed by atoms with Gasteiger partial charge in [0.05, 0.1) is 27.3 Å². The Morgan fingerprint density at radius 2 is 1.65 bits per heavy atom. The van der Waals surface area contributed by atoms with E-state index in [4.69, 9.17) is 9.47 Å². The third-order valence-corrected chi connectivity index (χ3v) is 3.38. The minimum Gasteiger partial charge on any atom is -0.627 e. The molecule has 0 aliphatic carbocycles. The Bertz CT molecular complexity index is 386. The molecule has 4 nitrogen and oxygen atoms in total. The van der Waals surface area contributed by atoms with Crippen LogP contribution in [0.1, 0.15) is 19.3 Å². The van der Waals surface area contributed by atoms with Crippen molar-refractivity contribution in [2.24, 2.45) is 0 Å². The van der Waals surface area contributed by atoms with Gasteiger partial charge in [0.25, 0.3) is 0 Å². The zero-order valence-electron chi connectivity index (χ0n) is 10.4. The molecule has 0 atom stereocenters. The highest BCUT2D eigenvalue weighted by Gasteiger charge is 2.24. The van der Waals surface area contributed by atoms with Crippen LogP contribution in [0.15, 0.2) is 18.2 Å². The van der Waals surface area contributed by atoms with Gasteiger partial charge in [-0.15, -0.1) is 0 Å². The Morgan fingerprint density at radius 1 is 1.00 bits per heavy atom. The van der Waals surface area contributed by atoms with E-state index in [2.05, 4.69) is 0 Å². The van der Waals surface area contributed by atoms with Crippen molar-refractivity contribution in [3.05, 3.63) is 23.4 Å². The molecule has 94 valence electrons. The Morgan fingerprint density at radius 3 is 2.24 bits per heavy atom. The van der Waals surface area contributed by atoms with E-state index < -0.39 is 0 Å². The second-order valence-corrected chi connectivity index (χ2v) is 4.44. The van der Waals surface area contributed by atoms with Gasteiger partial charge in [-0.05, 0) is 25.3 Å². The van der Waals surface area contributed by atoms with Crippen LogP contribution in [0, 0.1) is 5.21 Å². The van der Waals surface area contributed by atoms with Crippen molar-refractivity contribution in [2.45, 2.75) is 19.3 Å². The number of piperidine rings is 1. The summed E-state index contributed by atoms with van der Waals surface area (Å²) >= 11 is 0. The van der Waals surface area contributed by atoms with Crippen LogP contribution < -0.4 is 14.1 Å². The fraction of sp³-hybridized carbons (Fsp3) is 0.538. The van der Waals surface area contributed by atoms with Crippen LogP contribution >= 0.6 is 0 Å². The smallest absolute Gasteiger partial charge is 0.166 e. The summed E-state index contributed by atoms with van der Waals surface area (Å²) in [7, 11) is 3.19. The number of rotatable bonds is 3. The molecule has 1 aromatic carbocycles. The minimum atomic E-state index is -0.236. The average Bonchev–Trinajstić information content (AvgIpc) is 2.38. The molecule has 1 heterocycles. The topological polar surface area (TPSA) is 41.5 Å². The number of ether oxygens (including phenoxy) is 2. The molecule has 1 aliphatic rings. The molecule has 1 aliphatic heterocycles. The third kappa shape index (κ3) is 2.37. The quantitative estimate of drug-likeness (QED) is 0.599. The Kier molecular flexibility index (Phi) is 3.54. The monoisotopic (exact) mass is 237 g/mol. The molecule has 0 unspecified atom stereocenters. The molecule has 1 aromatic rings. The summed E-state index contributed by atoms with van der Waals surface area (Å²) < 4.78 is 10.2. The molecule has 0 N–H and O–H groups in total. The fourth-order valence-electron chi connectivity index (χ4n) is 2.36. The normalized spacial score (nSPS) is 18.8. The highest BCUT2D eigenvalue weighted by Crippen LogP contribution is 2.35. The lowest BCUT2D eigenvalue weighted by Crippen LogP contribution is -2.47. The largest absolute Gasteiger partial charge is 0.627 e. The Labute approximate surface area is 102 Å². The van der Waals surface area contributed by atoms with E-state index in [1.54, 1.807) is 26.4 Å². The van der Waals surface area contributed by atoms with Crippen molar-refractivity contribution in [1.29, 1.82) is 0 Å². The van der Waals surface area contributed by atoms with Gasteiger partial charge in [0.2, 0.25) is 0 Å². The lowest BCUT2D eigenvalue weighted by atomic mass is 10.1. The van der Waals surface area contributed by atoms with E-state index in [9.17, 15) is 5.21 Å². The van der Waals surface area contributed by atoms with Gasteiger partial charge >= 0.3 is 0 Å². The highest BCUT2D eigenvalue weighted by atomic mass is 16.5. The Balaban J connectivity index is 2.32. The van der Waals surface area contributed by atoms with Crippen LogP contribution in [-0.4, -0.2) is 27.3 Å². The molecule has 0 saturated carbocycles. The zero-order chi connectivity index (χ0) is 12.3. The average molecular weight is 237 g/mol. The molecular formula is C13H19NO3. The lowest BCUT2D eigenvalue weighted by molar-refractivity contribution is 0.304. The lowest BCUT2D eigenvalue weighted by Gasteiger charge is -2.44. The maximum absolute atomic E-state index is 12.6. The van der Waals surface area contributed by atoms with E-state index in [0.29, 0.717) is 24.6 Å². The van der Waals surface area contributed by atoms with Crippen LogP contribution in [0.25, 0.3) is 0 Å². The molecule has 0 radical (unpaired) electrons. The standard InChI is InChI=1S/C13H19NO3/c1-16-12-7-6-11(10-13(12)17-2)14(15)8-4-3-5-9-14/h6-7,10H,3-5,8-9H2,1-2H3. The third-order valence-electron chi connectivity index (χ3n) is 3.38. The maximum atomic E-state index is 12.6. The summed E-state index contributed by atoms with van der Waals surface area (Å²) in [4.78, 5) is 0. The molecule has 17 heavy (non-hydrogen) atoms. The summed E-state index contributed by atoms with van der Waals surface area (Å²) in [5.41, 5.74) is 0.766. The van der Waals surface area contributed by atoms with E-state index in [-0.39, 0.29) is 4.65 Å². The number of methoxy groups -OCH3 is 2. The van der Waals surface area contributed by atoms with E-state index in [0.717, 1.165) is 24.9 Å². The first kappa shape index (κ1) is 12.2. The van der Waals surface area contributed by atoms with Gasteiger partial charge in [-0.3, -0.25) is 0 Å². The SMILES string of the molecule is COc1ccc([N+]2([O-])CCCCC2)cc1OC. The van der Waals surface area contributed by atoms with Gasteiger partial charge < -0.3 is 19.3 Å². The molecular weight excluding hydrogens is 218 g/mol. The first-order valence-electron chi connectivity index (χ1n) is 6.00. The number of hydroxylamine groups is 2. The predicted molar refractivity (Wildman–Crippen MR) is 68.3 cm³/mol. The first-order valence-corrected chi connectivity index (χ1v) is 6.00. The second-order valence-electron chi connectivity index (χ2n) is 4.44. The van der Waals surface area contributed by atoms with Gasteiger partial charge in [-0.2, -0.15) is 0 Å². The summed E-state index contributed by atoms with van der Waals surface area (Å²) in [5.74, 6) is 1.30. The molecule has 0 spiro atoms. The minimum absolute atomic E-state index is 0.236. The van der Waals surface area contributed by atoms with Gasteiger partial charge in [0.15, 0.2) is 11.5 Å². The summed E-state index contributed by atoms with van der Waals surface area (Å²) in [6.45, 7) is 1.32. The van der Waals surface area contributed by atoms with Gasteiger partial charge in [0, 0.05) is 12.1 Å². The fourth-order valence-corrected chi connectivity index (χ4v) is 2.36. The number of quaternary nitrogens is 1. The molecule has 2 rings (SSSR count). The van der Waals surface area contributed by atoms with Crippen LogP contribution in [0.5, 0.6) is 11.5 Å². The molecule has 4 heteroatoms. The number of nitrogens with zero attached hydrogens (tertiary/aromatic N) is 1. The van der Waals surface area contributed by atoms with Gasteiger partial charge in [-0.1, -0.05) is 0 Å². The highest BCUT2D eigenvalue weighted by molar-refractivity contribution is 5.54. The number of benzene rings is 1.